The van der Waals surface area contributed by atoms with Crippen molar-refractivity contribution in [3.8, 4) is 0 Å². The summed E-state index contributed by atoms with van der Waals surface area (Å²) in [5.41, 5.74) is 7.87. The van der Waals surface area contributed by atoms with Crippen LogP contribution in [0.1, 0.15) is 52.0 Å². The summed E-state index contributed by atoms with van der Waals surface area (Å²) in [5.74, 6) is -0.583. The Hall–Kier alpha value is -2.51. The van der Waals surface area contributed by atoms with E-state index in [1.165, 1.54) is 4.88 Å². The molecule has 1 fully saturated rings. The Kier molecular flexibility index (Phi) is 6.29. The van der Waals surface area contributed by atoms with Crippen LogP contribution in [0.3, 0.4) is 0 Å². The Morgan fingerprint density at radius 3 is 2.63 bits per heavy atom. The maximum absolute atomic E-state index is 13.3. The second kappa shape index (κ2) is 9.10. The Labute approximate surface area is 180 Å². The minimum atomic E-state index is -0.283. The molecule has 2 atom stereocenters. The third kappa shape index (κ3) is 4.47. The van der Waals surface area contributed by atoms with Gasteiger partial charge in [0, 0.05) is 10.4 Å². The number of hydrogen-bond donors (Lipinski definition) is 3. The average Bonchev–Trinajstić information content (AvgIpc) is 3.11. The molecule has 2 aromatic rings. The van der Waals surface area contributed by atoms with Gasteiger partial charge < -0.3 is 16.0 Å². The van der Waals surface area contributed by atoms with Gasteiger partial charge in [-0.3, -0.25) is 14.4 Å². The maximum atomic E-state index is 13.3. The molecule has 7 heteroatoms. The van der Waals surface area contributed by atoms with Crippen LogP contribution in [-0.4, -0.2) is 37.2 Å². The Morgan fingerprint density at radius 1 is 1.10 bits per heavy atom. The van der Waals surface area contributed by atoms with Gasteiger partial charge in [0.2, 0.25) is 5.91 Å². The molecular weight excluding hydrogens is 398 g/mol. The molecule has 0 spiro atoms. The van der Waals surface area contributed by atoms with E-state index in [4.69, 9.17) is 5.73 Å². The van der Waals surface area contributed by atoms with Crippen LogP contribution < -0.4 is 16.0 Å². The summed E-state index contributed by atoms with van der Waals surface area (Å²) in [6, 6.07) is 9.26. The van der Waals surface area contributed by atoms with Crippen molar-refractivity contribution in [1.82, 2.24) is 0 Å². The van der Waals surface area contributed by atoms with E-state index in [0.29, 0.717) is 22.7 Å². The van der Waals surface area contributed by atoms with Crippen LogP contribution in [0.4, 0.5) is 5.00 Å². The number of nitrogens with one attached hydrogen (secondary N) is 2. The predicted octanol–water partition coefficient (Wildman–Crippen LogP) is 1.58. The first-order valence-corrected chi connectivity index (χ1v) is 11.5. The number of hydrogen-bond acceptors (Lipinski definition) is 4. The van der Waals surface area contributed by atoms with Crippen molar-refractivity contribution in [1.29, 1.82) is 0 Å². The van der Waals surface area contributed by atoms with Gasteiger partial charge in [-0.15, -0.1) is 11.3 Å². The lowest BCUT2D eigenvalue weighted by atomic mass is 9.92. The molecule has 4 rings (SSSR count). The molecule has 6 nitrogen and oxygen atoms in total. The number of likely N-dealkylation sites (tertiary alicyclic amines) is 1. The van der Waals surface area contributed by atoms with E-state index < -0.39 is 0 Å². The summed E-state index contributed by atoms with van der Waals surface area (Å²) >= 11 is 1.54. The number of carbonyl (C=O) groups excluding carboxylic acids is 3. The Morgan fingerprint density at radius 2 is 1.87 bits per heavy atom. The van der Waals surface area contributed by atoms with E-state index in [2.05, 4.69) is 5.32 Å². The number of primary amides is 1. The van der Waals surface area contributed by atoms with Gasteiger partial charge in [0.05, 0.1) is 24.6 Å². The monoisotopic (exact) mass is 426 g/mol. The maximum Gasteiger partial charge on any atom is 0.280 e. The molecule has 158 valence electrons. The molecule has 1 aromatic heterocycles. The fourth-order valence-corrected chi connectivity index (χ4v) is 5.88. The number of fused-ring (bicyclic) bond motifs is 1. The molecule has 1 aromatic carbocycles. The van der Waals surface area contributed by atoms with Crippen LogP contribution in [0.25, 0.3) is 0 Å². The fraction of sp³-hybridized carbons (Fsp3) is 0.435. The summed E-state index contributed by atoms with van der Waals surface area (Å²) in [7, 11) is 0. The summed E-state index contributed by atoms with van der Waals surface area (Å²) in [6.45, 7) is 1.73. The van der Waals surface area contributed by atoms with Crippen LogP contribution in [0.15, 0.2) is 30.3 Å². The zero-order valence-electron chi connectivity index (χ0n) is 17.0. The van der Waals surface area contributed by atoms with Crippen molar-refractivity contribution in [3.05, 3.63) is 51.9 Å². The SMILES string of the molecule is NC(=O)[C@@H]1CCC[NH+](CC(=O)Nc2sc3c(c2C(=O)c2ccccc2)CCCC3)C1. The zero-order chi connectivity index (χ0) is 21.1. The molecule has 1 unspecified atom stereocenters. The topological polar surface area (TPSA) is 93.7 Å². The molecule has 4 N–H and O–H groups in total. The highest BCUT2D eigenvalue weighted by Gasteiger charge is 2.30. The predicted molar refractivity (Wildman–Crippen MR) is 117 cm³/mol. The van der Waals surface area contributed by atoms with E-state index in [1.54, 1.807) is 11.3 Å². The third-order valence-electron chi connectivity index (χ3n) is 6.12. The lowest BCUT2D eigenvalue weighted by molar-refractivity contribution is -0.899. The Bertz CT molecular complexity index is 954. The minimum Gasteiger partial charge on any atom is -0.369 e. The summed E-state index contributed by atoms with van der Waals surface area (Å²) in [6.07, 6.45) is 5.72. The highest BCUT2D eigenvalue weighted by atomic mass is 32.1. The molecule has 0 bridgehead atoms. The number of rotatable bonds is 6. The lowest BCUT2D eigenvalue weighted by Gasteiger charge is -2.27. The van der Waals surface area contributed by atoms with Crippen molar-refractivity contribution in [2.45, 2.75) is 38.5 Å². The number of aryl methyl sites for hydroxylation is 1. The molecule has 1 aliphatic heterocycles. The second-order valence-corrected chi connectivity index (χ2v) is 9.39. The number of amides is 2. The van der Waals surface area contributed by atoms with Gasteiger partial charge in [-0.2, -0.15) is 0 Å². The Balaban J connectivity index is 1.54. The number of benzene rings is 1. The normalized spacial score (nSPS) is 20.9. The number of nitrogens with two attached hydrogens (primary N) is 1. The first-order chi connectivity index (χ1) is 14.5. The fourth-order valence-electron chi connectivity index (χ4n) is 4.58. The van der Waals surface area contributed by atoms with Gasteiger partial charge in [-0.05, 0) is 44.1 Å². The third-order valence-corrected chi connectivity index (χ3v) is 7.33. The smallest absolute Gasteiger partial charge is 0.280 e. The van der Waals surface area contributed by atoms with Crippen molar-refractivity contribution in [2.24, 2.45) is 11.7 Å². The van der Waals surface area contributed by atoms with Crippen LogP contribution in [0.5, 0.6) is 0 Å². The van der Waals surface area contributed by atoms with E-state index in [9.17, 15) is 14.4 Å². The van der Waals surface area contributed by atoms with Gasteiger partial charge in [-0.25, -0.2) is 0 Å². The highest BCUT2D eigenvalue weighted by molar-refractivity contribution is 7.17. The quantitative estimate of drug-likeness (QED) is 0.612. The molecule has 1 saturated heterocycles. The molecule has 30 heavy (non-hydrogen) atoms. The van der Waals surface area contributed by atoms with Crippen molar-refractivity contribution in [3.63, 3.8) is 0 Å². The van der Waals surface area contributed by atoms with E-state index >= 15 is 0 Å². The number of carbonyl (C=O) groups is 3. The highest BCUT2D eigenvalue weighted by Crippen LogP contribution is 2.39. The molecule has 2 aliphatic rings. The van der Waals surface area contributed by atoms with Gasteiger partial charge in [0.25, 0.3) is 5.91 Å². The zero-order valence-corrected chi connectivity index (χ0v) is 17.9. The second-order valence-electron chi connectivity index (χ2n) is 8.28. The summed E-state index contributed by atoms with van der Waals surface area (Å²) < 4.78 is 0. The largest absolute Gasteiger partial charge is 0.369 e. The van der Waals surface area contributed by atoms with Gasteiger partial charge in [0.15, 0.2) is 12.3 Å². The summed E-state index contributed by atoms with van der Waals surface area (Å²) in [5, 5.41) is 3.70. The first kappa shape index (κ1) is 20.8. The van der Waals surface area contributed by atoms with Crippen LogP contribution in [0.2, 0.25) is 0 Å². The van der Waals surface area contributed by atoms with Crippen molar-refractivity contribution < 1.29 is 19.3 Å². The van der Waals surface area contributed by atoms with E-state index in [1.807, 2.05) is 30.3 Å². The number of piperidine rings is 1. The van der Waals surface area contributed by atoms with Crippen molar-refractivity contribution >= 4 is 33.9 Å². The van der Waals surface area contributed by atoms with Crippen molar-refractivity contribution in [2.75, 3.05) is 25.0 Å². The first-order valence-electron chi connectivity index (χ1n) is 10.7. The minimum absolute atomic E-state index is 0.0237. The molecule has 2 amide bonds. The lowest BCUT2D eigenvalue weighted by Crippen LogP contribution is -3.14. The number of thiophene rings is 1. The van der Waals surface area contributed by atoms with Gasteiger partial charge in [-0.1, -0.05) is 30.3 Å². The van der Waals surface area contributed by atoms with Crippen LogP contribution in [-0.2, 0) is 22.4 Å². The van der Waals surface area contributed by atoms with E-state index in [-0.39, 0.29) is 30.1 Å². The molecular formula is C23H28N3O3S+. The molecule has 1 aliphatic carbocycles. The van der Waals surface area contributed by atoms with Crippen LogP contribution >= 0.6 is 11.3 Å². The molecule has 0 radical (unpaired) electrons. The standard InChI is InChI=1S/C23H27N3O3S/c24-22(29)16-9-6-12-26(13-16)14-19(27)25-23-20(17-10-4-5-11-18(17)30-23)21(28)15-7-2-1-3-8-15/h1-3,7-8,16H,4-6,9-14H2,(H2,24,29)(H,25,27)/p+1/t16-/m1/s1. The summed E-state index contributed by atoms with van der Waals surface area (Å²) in [4.78, 5) is 39.9. The average molecular weight is 427 g/mol. The van der Waals surface area contributed by atoms with Gasteiger partial charge >= 0.3 is 0 Å². The number of quaternary nitrogens is 1. The molecule has 0 saturated carbocycles. The van der Waals surface area contributed by atoms with Gasteiger partial charge in [0.1, 0.15) is 5.00 Å². The molecule has 2 heterocycles. The van der Waals surface area contributed by atoms with Crippen LogP contribution in [0, 0.1) is 5.92 Å². The number of anilines is 1. The number of ketones is 1. The van der Waals surface area contributed by atoms with E-state index in [0.717, 1.165) is 55.5 Å².